The van der Waals surface area contributed by atoms with Crippen molar-refractivity contribution < 1.29 is 28.5 Å². The fourth-order valence-corrected chi connectivity index (χ4v) is 5.68. The van der Waals surface area contributed by atoms with Crippen molar-refractivity contribution in [2.24, 2.45) is 0 Å². The Morgan fingerprint density at radius 2 is 0.804 bits per heavy atom. The van der Waals surface area contributed by atoms with Gasteiger partial charge in [-0.25, -0.2) is 4.79 Å². The van der Waals surface area contributed by atoms with Gasteiger partial charge in [0.1, 0.15) is 23.0 Å². The van der Waals surface area contributed by atoms with Crippen molar-refractivity contribution in [3.8, 4) is 40.2 Å². The van der Waals surface area contributed by atoms with Crippen molar-refractivity contribution in [1.82, 2.24) is 0 Å². The Balaban J connectivity index is 0.000000282. The van der Waals surface area contributed by atoms with Gasteiger partial charge in [0.25, 0.3) is 0 Å². The summed E-state index contributed by atoms with van der Waals surface area (Å²) in [6.45, 7) is 8.65. The molecule has 5 aromatic carbocycles. The van der Waals surface area contributed by atoms with Gasteiger partial charge in [0.15, 0.2) is 5.78 Å². The number of hydrogen-bond acceptors (Lipinski definition) is 7. The van der Waals surface area contributed by atoms with Crippen LogP contribution in [0.15, 0.2) is 121 Å². The molecular formula is C49H55NO6. The molecule has 0 N–H and O–H groups in total. The molecule has 0 saturated heterocycles. The normalized spacial score (nSPS) is 10.4. The molecule has 0 aliphatic rings. The molecule has 0 heterocycles. The number of carbonyl (C=O) groups excluding carboxylic acids is 2. The first-order chi connectivity index (χ1) is 27.4. The second-order valence-electron chi connectivity index (χ2n) is 13.5. The summed E-state index contributed by atoms with van der Waals surface area (Å²) >= 11 is 0. The monoisotopic (exact) mass is 753 g/mol. The lowest BCUT2D eigenvalue weighted by Gasteiger charge is -2.08. The van der Waals surface area contributed by atoms with Crippen LogP contribution < -0.4 is 18.9 Å². The average molecular weight is 754 g/mol. The largest absolute Gasteiger partial charge is 0.494 e. The highest BCUT2D eigenvalue weighted by Gasteiger charge is 2.12. The van der Waals surface area contributed by atoms with Crippen LogP contribution in [0.2, 0.25) is 0 Å². The van der Waals surface area contributed by atoms with E-state index in [4.69, 9.17) is 24.2 Å². The summed E-state index contributed by atoms with van der Waals surface area (Å²) in [4.78, 5) is 25.3. The quantitative estimate of drug-likeness (QED) is 0.0319. The van der Waals surface area contributed by atoms with E-state index < -0.39 is 5.97 Å². The fourth-order valence-electron chi connectivity index (χ4n) is 5.68. The molecule has 0 spiro atoms. The molecule has 0 amide bonds. The van der Waals surface area contributed by atoms with Crippen molar-refractivity contribution >= 4 is 11.8 Å². The highest BCUT2D eigenvalue weighted by Crippen LogP contribution is 2.24. The van der Waals surface area contributed by atoms with E-state index in [1.54, 1.807) is 60.7 Å². The topological polar surface area (TPSA) is 94.9 Å². The first-order valence-corrected chi connectivity index (χ1v) is 20.0. The van der Waals surface area contributed by atoms with E-state index >= 15 is 0 Å². The molecule has 0 aromatic heterocycles. The SMILES string of the molecule is CCCCCCOc1ccc(-c2ccc(C#N)cc2)cc1.CCCCCOc1ccc(C(=O)Oc2ccc(C(=O)c3ccc(OCCCCC)cc3)cc2)cc1. The van der Waals surface area contributed by atoms with Crippen molar-refractivity contribution in [2.45, 2.75) is 85.0 Å². The summed E-state index contributed by atoms with van der Waals surface area (Å²) in [6.07, 6.45) is 11.5. The third kappa shape index (κ3) is 14.8. The first-order valence-electron chi connectivity index (χ1n) is 20.0. The van der Waals surface area contributed by atoms with Gasteiger partial charge in [-0.15, -0.1) is 0 Å². The van der Waals surface area contributed by atoms with Crippen molar-refractivity contribution in [3.63, 3.8) is 0 Å². The molecule has 5 rings (SSSR count). The molecule has 7 nitrogen and oxygen atoms in total. The summed E-state index contributed by atoms with van der Waals surface area (Å²) in [6, 6.07) is 38.5. The highest BCUT2D eigenvalue weighted by molar-refractivity contribution is 6.09. The van der Waals surface area contributed by atoms with Crippen molar-refractivity contribution in [2.75, 3.05) is 19.8 Å². The van der Waals surface area contributed by atoms with E-state index in [-0.39, 0.29) is 5.78 Å². The van der Waals surface area contributed by atoms with Crippen LogP contribution in [0, 0.1) is 11.3 Å². The number of hydrogen-bond donors (Lipinski definition) is 0. The number of esters is 1. The van der Waals surface area contributed by atoms with Crippen LogP contribution in [0.4, 0.5) is 0 Å². The lowest BCUT2D eigenvalue weighted by atomic mass is 10.0. The minimum absolute atomic E-state index is 0.102. The summed E-state index contributed by atoms with van der Waals surface area (Å²) < 4.78 is 22.6. The van der Waals surface area contributed by atoms with Crippen LogP contribution in [0.3, 0.4) is 0 Å². The molecule has 7 heteroatoms. The van der Waals surface area contributed by atoms with E-state index in [2.05, 4.69) is 39.0 Å². The third-order valence-corrected chi connectivity index (χ3v) is 9.04. The zero-order chi connectivity index (χ0) is 39.8. The van der Waals surface area contributed by atoms with Gasteiger partial charge in [-0.05, 0) is 127 Å². The predicted molar refractivity (Wildman–Crippen MR) is 224 cm³/mol. The van der Waals surface area contributed by atoms with Crippen LogP contribution >= 0.6 is 0 Å². The maximum atomic E-state index is 12.8. The third-order valence-electron chi connectivity index (χ3n) is 9.04. The molecule has 0 fully saturated rings. The Hall–Kier alpha value is -5.87. The van der Waals surface area contributed by atoms with Gasteiger partial charge in [0, 0.05) is 11.1 Å². The van der Waals surface area contributed by atoms with Crippen LogP contribution in [-0.4, -0.2) is 31.6 Å². The van der Waals surface area contributed by atoms with Gasteiger partial charge in [-0.3, -0.25) is 4.79 Å². The fraction of sp³-hybridized carbons (Fsp3) is 0.327. The molecule has 0 atom stereocenters. The lowest BCUT2D eigenvalue weighted by molar-refractivity contribution is 0.0734. The predicted octanol–water partition coefficient (Wildman–Crippen LogP) is 12.5. The van der Waals surface area contributed by atoms with E-state index in [1.807, 2.05) is 48.5 Å². The van der Waals surface area contributed by atoms with Gasteiger partial charge in [-0.1, -0.05) is 90.0 Å². The number of unbranched alkanes of at least 4 members (excludes halogenated alkanes) is 7. The molecule has 0 unspecified atom stereocenters. The molecule has 0 aliphatic carbocycles. The molecule has 5 aromatic rings. The smallest absolute Gasteiger partial charge is 0.343 e. The van der Waals surface area contributed by atoms with Crippen LogP contribution in [0.1, 0.15) is 117 Å². The number of carbonyl (C=O) groups is 2. The zero-order valence-electron chi connectivity index (χ0n) is 33.1. The maximum Gasteiger partial charge on any atom is 0.343 e. The van der Waals surface area contributed by atoms with Crippen LogP contribution in [-0.2, 0) is 0 Å². The Morgan fingerprint density at radius 1 is 0.446 bits per heavy atom. The zero-order valence-corrected chi connectivity index (χ0v) is 33.1. The Labute approximate surface area is 333 Å². The second-order valence-corrected chi connectivity index (χ2v) is 13.5. The minimum Gasteiger partial charge on any atom is -0.494 e. The van der Waals surface area contributed by atoms with Gasteiger partial charge in [0.2, 0.25) is 0 Å². The molecule has 0 aliphatic heterocycles. The summed E-state index contributed by atoms with van der Waals surface area (Å²) in [5.41, 5.74) is 4.47. The molecule has 0 radical (unpaired) electrons. The Bertz CT molecular complexity index is 1910. The molecule has 0 bridgehead atoms. The average Bonchev–Trinajstić information content (AvgIpc) is 3.25. The van der Waals surface area contributed by atoms with Gasteiger partial charge in [0.05, 0.1) is 37.0 Å². The van der Waals surface area contributed by atoms with Crippen LogP contribution in [0.25, 0.3) is 11.1 Å². The van der Waals surface area contributed by atoms with E-state index in [1.165, 1.54) is 19.3 Å². The van der Waals surface area contributed by atoms with Crippen molar-refractivity contribution in [3.05, 3.63) is 144 Å². The highest BCUT2D eigenvalue weighted by atomic mass is 16.5. The number of ether oxygens (including phenoxy) is 4. The number of benzene rings is 5. The Morgan fingerprint density at radius 3 is 1.23 bits per heavy atom. The van der Waals surface area contributed by atoms with Crippen LogP contribution in [0.5, 0.6) is 23.0 Å². The Kier molecular flexibility index (Phi) is 18.8. The number of nitrogens with zero attached hydrogens (tertiary/aromatic N) is 1. The number of rotatable bonds is 21. The maximum absolute atomic E-state index is 12.8. The standard InChI is InChI=1S/C30H34O5.C19H21NO/c1-3-5-7-21-33-26-15-9-23(10-16-26)29(31)24-11-19-28(20-12-24)35-30(32)25-13-17-27(18-14-25)34-22-8-6-4-2;1-2-3-4-5-14-21-19-12-10-18(11-13-19)17-8-6-16(15-20)7-9-17/h9-20H,3-8,21-22H2,1-2H3;6-13H,2-5,14H2,1H3. The van der Waals surface area contributed by atoms with Gasteiger partial charge in [-0.2, -0.15) is 5.26 Å². The minimum atomic E-state index is -0.462. The molecule has 56 heavy (non-hydrogen) atoms. The molecule has 292 valence electrons. The number of ketones is 1. The van der Waals surface area contributed by atoms with Gasteiger partial charge >= 0.3 is 5.97 Å². The molecule has 0 saturated carbocycles. The van der Waals surface area contributed by atoms with Crippen molar-refractivity contribution in [1.29, 1.82) is 5.26 Å². The van der Waals surface area contributed by atoms with E-state index in [9.17, 15) is 9.59 Å². The molecular weight excluding hydrogens is 699 g/mol. The lowest BCUT2D eigenvalue weighted by Crippen LogP contribution is -2.09. The summed E-state index contributed by atoms with van der Waals surface area (Å²) in [7, 11) is 0. The van der Waals surface area contributed by atoms with E-state index in [0.29, 0.717) is 41.2 Å². The summed E-state index contributed by atoms with van der Waals surface area (Å²) in [5, 5.41) is 8.81. The second kappa shape index (κ2) is 24.5. The van der Waals surface area contributed by atoms with E-state index in [0.717, 1.165) is 79.9 Å². The summed E-state index contributed by atoms with van der Waals surface area (Å²) in [5.74, 6) is 2.23. The number of nitriles is 1. The first kappa shape index (κ1) is 42.9. The van der Waals surface area contributed by atoms with Gasteiger partial charge < -0.3 is 18.9 Å².